The van der Waals surface area contributed by atoms with E-state index in [-0.39, 0.29) is 24.3 Å². The normalized spacial score (nSPS) is 17.4. The Balaban J connectivity index is 1.84. The SMILES string of the molecule is COc1ccc2c(c1)OC(C(C)C)C(=O)N(Cc1cc(Cl)cc(Cl)c1)C2C(=O)Nc1ccccc1. The zero-order valence-corrected chi connectivity index (χ0v) is 21.1. The second-order valence-electron chi connectivity index (χ2n) is 8.69. The van der Waals surface area contributed by atoms with Crippen molar-refractivity contribution in [2.24, 2.45) is 5.92 Å². The highest BCUT2D eigenvalue weighted by molar-refractivity contribution is 6.34. The van der Waals surface area contributed by atoms with Crippen molar-refractivity contribution < 1.29 is 19.1 Å². The number of halogens is 2. The quantitative estimate of drug-likeness (QED) is 0.431. The van der Waals surface area contributed by atoms with Gasteiger partial charge in [0.1, 0.15) is 17.5 Å². The number of hydrogen-bond acceptors (Lipinski definition) is 4. The van der Waals surface area contributed by atoms with E-state index in [0.29, 0.717) is 38.4 Å². The van der Waals surface area contributed by atoms with Crippen LogP contribution < -0.4 is 14.8 Å². The minimum Gasteiger partial charge on any atom is -0.497 e. The fourth-order valence-electron chi connectivity index (χ4n) is 4.12. The first-order valence-corrected chi connectivity index (χ1v) is 12.0. The van der Waals surface area contributed by atoms with E-state index in [1.807, 2.05) is 32.0 Å². The molecular formula is C27H26Cl2N2O4. The Morgan fingerprint density at radius 1 is 1.06 bits per heavy atom. The van der Waals surface area contributed by atoms with Crippen molar-refractivity contribution in [3.63, 3.8) is 0 Å². The Morgan fingerprint density at radius 3 is 2.37 bits per heavy atom. The second kappa shape index (κ2) is 10.6. The van der Waals surface area contributed by atoms with Crippen LogP contribution in [0.15, 0.2) is 66.7 Å². The Hall–Kier alpha value is -3.22. The van der Waals surface area contributed by atoms with Gasteiger partial charge in [-0.15, -0.1) is 0 Å². The molecule has 8 heteroatoms. The molecule has 2 unspecified atom stereocenters. The summed E-state index contributed by atoms with van der Waals surface area (Å²) < 4.78 is 11.6. The van der Waals surface area contributed by atoms with Gasteiger partial charge >= 0.3 is 0 Å². The average molecular weight is 513 g/mol. The third-order valence-electron chi connectivity index (χ3n) is 5.78. The number of anilines is 1. The van der Waals surface area contributed by atoms with Gasteiger partial charge in [-0.1, -0.05) is 55.2 Å². The van der Waals surface area contributed by atoms with Crippen LogP contribution in [0.25, 0.3) is 0 Å². The van der Waals surface area contributed by atoms with Crippen LogP contribution in [0, 0.1) is 5.92 Å². The van der Waals surface area contributed by atoms with E-state index < -0.39 is 12.1 Å². The molecule has 1 N–H and O–H groups in total. The van der Waals surface area contributed by atoms with Crippen LogP contribution in [0.5, 0.6) is 11.5 Å². The van der Waals surface area contributed by atoms with Crippen molar-refractivity contribution >= 4 is 40.7 Å². The number of methoxy groups -OCH3 is 1. The van der Waals surface area contributed by atoms with Crippen molar-refractivity contribution in [2.75, 3.05) is 12.4 Å². The summed E-state index contributed by atoms with van der Waals surface area (Å²) in [5.41, 5.74) is 1.88. The molecular weight excluding hydrogens is 487 g/mol. The van der Waals surface area contributed by atoms with Gasteiger partial charge in [0.15, 0.2) is 6.10 Å². The predicted octanol–water partition coefficient (Wildman–Crippen LogP) is 6.13. The highest BCUT2D eigenvalue weighted by Crippen LogP contribution is 2.39. The molecule has 35 heavy (non-hydrogen) atoms. The lowest BCUT2D eigenvalue weighted by Gasteiger charge is -2.31. The topological polar surface area (TPSA) is 67.9 Å². The molecule has 0 bridgehead atoms. The molecule has 4 rings (SSSR count). The monoisotopic (exact) mass is 512 g/mol. The predicted molar refractivity (Wildman–Crippen MR) is 137 cm³/mol. The molecule has 182 valence electrons. The minimum absolute atomic E-state index is 0.115. The Kier molecular flexibility index (Phi) is 7.53. The van der Waals surface area contributed by atoms with Gasteiger partial charge in [0.05, 0.1) is 7.11 Å². The number of nitrogens with zero attached hydrogens (tertiary/aromatic N) is 1. The zero-order valence-electron chi connectivity index (χ0n) is 19.6. The van der Waals surface area contributed by atoms with Crippen molar-refractivity contribution in [3.05, 3.63) is 87.9 Å². The van der Waals surface area contributed by atoms with Gasteiger partial charge in [-0.25, -0.2) is 0 Å². The molecule has 0 fully saturated rings. The van der Waals surface area contributed by atoms with E-state index in [0.717, 1.165) is 0 Å². The molecule has 3 aromatic carbocycles. The second-order valence-corrected chi connectivity index (χ2v) is 9.56. The number of benzene rings is 3. The number of fused-ring (bicyclic) bond motifs is 1. The lowest BCUT2D eigenvalue weighted by molar-refractivity contribution is -0.146. The van der Waals surface area contributed by atoms with Crippen LogP contribution in [-0.4, -0.2) is 29.9 Å². The molecule has 2 amide bonds. The van der Waals surface area contributed by atoms with E-state index in [4.69, 9.17) is 32.7 Å². The van der Waals surface area contributed by atoms with Crippen LogP contribution in [0.1, 0.15) is 31.0 Å². The molecule has 0 spiro atoms. The first-order chi connectivity index (χ1) is 16.8. The summed E-state index contributed by atoms with van der Waals surface area (Å²) in [5, 5.41) is 3.83. The summed E-state index contributed by atoms with van der Waals surface area (Å²) in [6.45, 7) is 3.92. The molecule has 0 saturated carbocycles. The highest BCUT2D eigenvalue weighted by atomic mass is 35.5. The van der Waals surface area contributed by atoms with Crippen LogP contribution in [-0.2, 0) is 16.1 Å². The minimum atomic E-state index is -0.967. The standard InChI is InChI=1S/C27H26Cl2N2O4/c1-16(2)25-27(33)31(15-17-11-18(28)13-19(29)12-17)24(26(32)30-20-7-5-4-6-8-20)22-10-9-21(34-3)14-23(22)35-25/h4-14,16,24-25H,15H2,1-3H3,(H,30,32). The maximum absolute atomic E-state index is 13.9. The number of carbonyl (C=O) groups excluding carboxylic acids is 2. The smallest absolute Gasteiger partial charge is 0.265 e. The number of hydrogen-bond donors (Lipinski definition) is 1. The van der Waals surface area contributed by atoms with Crippen molar-refractivity contribution in [1.82, 2.24) is 4.90 Å². The Morgan fingerprint density at radius 2 is 1.74 bits per heavy atom. The molecule has 6 nitrogen and oxygen atoms in total. The number of carbonyl (C=O) groups is 2. The number of rotatable bonds is 6. The number of amides is 2. The van der Waals surface area contributed by atoms with Crippen molar-refractivity contribution in [1.29, 1.82) is 0 Å². The largest absolute Gasteiger partial charge is 0.497 e. The fraction of sp³-hybridized carbons (Fsp3) is 0.259. The van der Waals surface area contributed by atoms with Crippen LogP contribution in [0.2, 0.25) is 10.0 Å². The lowest BCUT2D eigenvalue weighted by atomic mass is 10.0. The fourth-order valence-corrected chi connectivity index (χ4v) is 4.69. The number of para-hydroxylation sites is 1. The van der Waals surface area contributed by atoms with E-state index in [2.05, 4.69) is 5.32 Å². The van der Waals surface area contributed by atoms with Gasteiger partial charge in [-0.3, -0.25) is 9.59 Å². The van der Waals surface area contributed by atoms with E-state index in [9.17, 15) is 9.59 Å². The molecule has 0 radical (unpaired) electrons. The average Bonchev–Trinajstić information content (AvgIpc) is 2.93. The Labute approximate surface area is 214 Å². The molecule has 1 heterocycles. The highest BCUT2D eigenvalue weighted by Gasteiger charge is 2.42. The van der Waals surface area contributed by atoms with Gasteiger partial charge in [0, 0.05) is 33.9 Å². The van der Waals surface area contributed by atoms with Crippen molar-refractivity contribution in [2.45, 2.75) is 32.5 Å². The molecule has 1 aliphatic heterocycles. The van der Waals surface area contributed by atoms with E-state index >= 15 is 0 Å². The van der Waals surface area contributed by atoms with Crippen LogP contribution >= 0.6 is 23.2 Å². The van der Waals surface area contributed by atoms with Gasteiger partial charge < -0.3 is 19.7 Å². The summed E-state index contributed by atoms with van der Waals surface area (Å²) >= 11 is 12.5. The maximum Gasteiger partial charge on any atom is 0.265 e. The van der Waals surface area contributed by atoms with Crippen LogP contribution in [0.4, 0.5) is 5.69 Å². The maximum atomic E-state index is 13.9. The third-order valence-corrected chi connectivity index (χ3v) is 6.21. The third kappa shape index (κ3) is 5.55. The lowest BCUT2D eigenvalue weighted by Crippen LogP contribution is -2.46. The summed E-state index contributed by atoms with van der Waals surface area (Å²) in [4.78, 5) is 29.2. The van der Waals surface area contributed by atoms with E-state index in [1.54, 1.807) is 55.6 Å². The summed E-state index contributed by atoms with van der Waals surface area (Å²) in [6.07, 6.45) is -0.801. The molecule has 0 saturated heterocycles. The molecule has 0 aromatic heterocycles. The summed E-state index contributed by atoms with van der Waals surface area (Å²) in [5.74, 6) is 0.173. The molecule has 0 aliphatic carbocycles. The first-order valence-electron chi connectivity index (χ1n) is 11.2. The van der Waals surface area contributed by atoms with Gasteiger partial charge in [0.25, 0.3) is 11.8 Å². The molecule has 2 atom stereocenters. The number of nitrogens with one attached hydrogen (secondary N) is 1. The van der Waals surface area contributed by atoms with Gasteiger partial charge in [-0.05, 0) is 53.9 Å². The Bertz CT molecular complexity index is 1210. The number of ether oxygens (including phenoxy) is 2. The first kappa shape index (κ1) is 24.9. The summed E-state index contributed by atoms with van der Waals surface area (Å²) in [6, 6.07) is 18.4. The summed E-state index contributed by atoms with van der Waals surface area (Å²) in [7, 11) is 1.55. The van der Waals surface area contributed by atoms with Gasteiger partial charge in [0.2, 0.25) is 0 Å². The van der Waals surface area contributed by atoms with Crippen LogP contribution in [0.3, 0.4) is 0 Å². The molecule has 3 aromatic rings. The van der Waals surface area contributed by atoms with E-state index in [1.165, 1.54) is 4.90 Å². The molecule has 1 aliphatic rings. The van der Waals surface area contributed by atoms with Gasteiger partial charge in [-0.2, -0.15) is 0 Å². The van der Waals surface area contributed by atoms with Crippen molar-refractivity contribution in [3.8, 4) is 11.5 Å². The zero-order chi connectivity index (χ0) is 25.1.